The third-order valence-corrected chi connectivity index (χ3v) is 5.39. The smallest absolute Gasteiger partial charge is 0.307 e. The average molecular weight is 281 g/mol. The minimum absolute atomic E-state index is 0.0403. The predicted molar refractivity (Wildman–Crippen MR) is 77.2 cm³/mol. The fraction of sp³-hybridized carbons (Fsp3) is 0.875. The quantitative estimate of drug-likeness (QED) is 0.814. The summed E-state index contributed by atoms with van der Waals surface area (Å²) < 4.78 is 0. The standard InChI is InChI=1S/C16H27NO3/c1-3-11-8-12(13(9-11)15(19)20)14(18)17-10-16(2)6-4-5-7-16/h11-13H,3-10H2,1-2H3,(H,17,18)(H,19,20)/t11?,12-,13+/m0/s1. The predicted octanol–water partition coefficient (Wildman–Crippen LogP) is 2.82. The van der Waals surface area contributed by atoms with Crippen molar-refractivity contribution >= 4 is 11.9 Å². The van der Waals surface area contributed by atoms with Crippen LogP contribution in [0.5, 0.6) is 0 Å². The van der Waals surface area contributed by atoms with E-state index >= 15 is 0 Å². The SMILES string of the molecule is CCC1C[C@H](C(=O)NCC2(C)CCCC2)[C@H](C(=O)O)C1. The van der Waals surface area contributed by atoms with Crippen molar-refractivity contribution in [1.29, 1.82) is 0 Å². The van der Waals surface area contributed by atoms with Gasteiger partial charge in [-0.3, -0.25) is 9.59 Å². The van der Waals surface area contributed by atoms with E-state index in [1.165, 1.54) is 12.8 Å². The normalized spacial score (nSPS) is 32.2. The van der Waals surface area contributed by atoms with Crippen LogP contribution >= 0.6 is 0 Å². The molecule has 2 saturated carbocycles. The molecule has 1 unspecified atom stereocenters. The third-order valence-electron chi connectivity index (χ3n) is 5.39. The Hall–Kier alpha value is -1.06. The zero-order valence-electron chi connectivity index (χ0n) is 12.7. The van der Waals surface area contributed by atoms with Crippen molar-refractivity contribution in [1.82, 2.24) is 5.32 Å². The van der Waals surface area contributed by atoms with Gasteiger partial charge in [-0.1, -0.05) is 33.1 Å². The van der Waals surface area contributed by atoms with Gasteiger partial charge in [-0.05, 0) is 37.0 Å². The maximum absolute atomic E-state index is 12.3. The second-order valence-electron chi connectivity index (χ2n) is 7.03. The van der Waals surface area contributed by atoms with Crippen LogP contribution in [0.15, 0.2) is 0 Å². The molecule has 4 nitrogen and oxygen atoms in total. The fourth-order valence-electron chi connectivity index (χ4n) is 3.88. The Kier molecular flexibility index (Phi) is 4.71. The molecule has 0 heterocycles. The van der Waals surface area contributed by atoms with Crippen molar-refractivity contribution in [2.24, 2.45) is 23.2 Å². The molecule has 2 aliphatic carbocycles. The first kappa shape index (κ1) is 15.3. The number of rotatable bonds is 5. The summed E-state index contributed by atoms with van der Waals surface area (Å²) in [5.74, 6) is -1.29. The Morgan fingerprint density at radius 1 is 1.20 bits per heavy atom. The molecule has 0 aromatic rings. The molecule has 0 radical (unpaired) electrons. The number of amides is 1. The molecule has 0 spiro atoms. The van der Waals surface area contributed by atoms with E-state index in [9.17, 15) is 14.7 Å². The van der Waals surface area contributed by atoms with E-state index in [1.54, 1.807) is 0 Å². The molecule has 2 N–H and O–H groups in total. The molecular formula is C16H27NO3. The van der Waals surface area contributed by atoms with Crippen LogP contribution in [0.25, 0.3) is 0 Å². The van der Waals surface area contributed by atoms with Crippen molar-refractivity contribution in [2.45, 2.75) is 58.8 Å². The summed E-state index contributed by atoms with van der Waals surface area (Å²) in [5.41, 5.74) is 0.219. The molecular weight excluding hydrogens is 254 g/mol. The number of aliphatic carboxylic acids is 1. The Morgan fingerprint density at radius 2 is 1.80 bits per heavy atom. The van der Waals surface area contributed by atoms with Gasteiger partial charge in [-0.25, -0.2) is 0 Å². The third kappa shape index (κ3) is 3.33. The first-order valence-electron chi connectivity index (χ1n) is 7.96. The van der Waals surface area contributed by atoms with Crippen LogP contribution in [-0.2, 0) is 9.59 Å². The summed E-state index contributed by atoms with van der Waals surface area (Å²) in [6.45, 7) is 4.99. The Morgan fingerprint density at radius 3 is 2.35 bits per heavy atom. The summed E-state index contributed by atoms with van der Waals surface area (Å²) in [5, 5.41) is 12.3. The van der Waals surface area contributed by atoms with E-state index in [0.717, 1.165) is 25.7 Å². The molecule has 0 aromatic heterocycles. The molecule has 4 heteroatoms. The zero-order chi connectivity index (χ0) is 14.8. The van der Waals surface area contributed by atoms with E-state index in [4.69, 9.17) is 0 Å². The molecule has 2 aliphatic rings. The van der Waals surface area contributed by atoms with Crippen LogP contribution in [0.1, 0.15) is 58.8 Å². The average Bonchev–Trinajstić information content (AvgIpc) is 3.02. The van der Waals surface area contributed by atoms with Crippen molar-refractivity contribution in [3.05, 3.63) is 0 Å². The van der Waals surface area contributed by atoms with Gasteiger partial charge in [0.25, 0.3) is 0 Å². The van der Waals surface area contributed by atoms with Crippen LogP contribution in [0.4, 0.5) is 0 Å². The highest BCUT2D eigenvalue weighted by Crippen LogP contribution is 2.39. The summed E-state index contributed by atoms with van der Waals surface area (Å²) >= 11 is 0. The highest BCUT2D eigenvalue weighted by Gasteiger charge is 2.42. The van der Waals surface area contributed by atoms with Gasteiger partial charge in [0.2, 0.25) is 5.91 Å². The van der Waals surface area contributed by atoms with Crippen LogP contribution in [0, 0.1) is 23.2 Å². The molecule has 2 fully saturated rings. The Balaban J connectivity index is 1.91. The van der Waals surface area contributed by atoms with E-state index < -0.39 is 11.9 Å². The fourth-order valence-corrected chi connectivity index (χ4v) is 3.88. The Labute approximate surface area is 121 Å². The molecule has 0 aliphatic heterocycles. The summed E-state index contributed by atoms with van der Waals surface area (Å²) in [6.07, 6.45) is 7.16. The van der Waals surface area contributed by atoms with Gasteiger partial charge in [-0.2, -0.15) is 0 Å². The zero-order valence-corrected chi connectivity index (χ0v) is 12.7. The number of carboxylic acids is 1. The maximum atomic E-state index is 12.3. The molecule has 20 heavy (non-hydrogen) atoms. The molecule has 0 aromatic carbocycles. The lowest BCUT2D eigenvalue weighted by Crippen LogP contribution is -2.40. The van der Waals surface area contributed by atoms with Gasteiger partial charge >= 0.3 is 5.97 Å². The first-order valence-corrected chi connectivity index (χ1v) is 7.96. The van der Waals surface area contributed by atoms with Crippen LogP contribution in [0.2, 0.25) is 0 Å². The van der Waals surface area contributed by atoms with Crippen molar-refractivity contribution in [2.75, 3.05) is 6.54 Å². The van der Waals surface area contributed by atoms with Crippen LogP contribution in [-0.4, -0.2) is 23.5 Å². The number of hydrogen-bond donors (Lipinski definition) is 2. The molecule has 0 bridgehead atoms. The molecule has 114 valence electrons. The number of hydrogen-bond acceptors (Lipinski definition) is 2. The van der Waals surface area contributed by atoms with E-state index in [0.29, 0.717) is 18.9 Å². The Bertz CT molecular complexity index is 374. The lowest BCUT2D eigenvalue weighted by Gasteiger charge is -2.25. The van der Waals surface area contributed by atoms with Crippen molar-refractivity contribution < 1.29 is 14.7 Å². The highest BCUT2D eigenvalue weighted by molar-refractivity contribution is 5.85. The maximum Gasteiger partial charge on any atom is 0.307 e. The van der Waals surface area contributed by atoms with E-state index in [1.807, 2.05) is 0 Å². The van der Waals surface area contributed by atoms with Crippen molar-refractivity contribution in [3.63, 3.8) is 0 Å². The second kappa shape index (κ2) is 6.15. The number of nitrogens with one attached hydrogen (secondary N) is 1. The van der Waals surface area contributed by atoms with E-state index in [2.05, 4.69) is 19.2 Å². The number of carbonyl (C=O) groups excluding carboxylic acids is 1. The first-order chi connectivity index (χ1) is 9.45. The van der Waals surface area contributed by atoms with Gasteiger partial charge in [0.05, 0.1) is 11.8 Å². The van der Waals surface area contributed by atoms with Crippen LogP contribution in [0.3, 0.4) is 0 Å². The minimum atomic E-state index is -0.812. The summed E-state index contributed by atoms with van der Waals surface area (Å²) in [4.78, 5) is 23.7. The molecule has 1 amide bonds. The molecule has 0 saturated heterocycles. The molecule has 2 rings (SSSR count). The lowest BCUT2D eigenvalue weighted by atomic mass is 9.88. The lowest BCUT2D eigenvalue weighted by molar-refractivity contribution is -0.146. The van der Waals surface area contributed by atoms with Gasteiger partial charge in [0.15, 0.2) is 0 Å². The van der Waals surface area contributed by atoms with E-state index in [-0.39, 0.29) is 17.2 Å². The van der Waals surface area contributed by atoms with Gasteiger partial charge in [0.1, 0.15) is 0 Å². The van der Waals surface area contributed by atoms with Gasteiger partial charge in [0, 0.05) is 6.54 Å². The van der Waals surface area contributed by atoms with Crippen LogP contribution < -0.4 is 5.32 Å². The minimum Gasteiger partial charge on any atom is -0.481 e. The topological polar surface area (TPSA) is 66.4 Å². The highest BCUT2D eigenvalue weighted by atomic mass is 16.4. The molecule has 3 atom stereocenters. The summed E-state index contributed by atoms with van der Waals surface area (Å²) in [7, 11) is 0. The summed E-state index contributed by atoms with van der Waals surface area (Å²) in [6, 6.07) is 0. The van der Waals surface area contributed by atoms with Crippen molar-refractivity contribution in [3.8, 4) is 0 Å². The number of carboxylic acid groups (broad SMARTS) is 1. The second-order valence-corrected chi connectivity index (χ2v) is 7.03. The van der Waals surface area contributed by atoms with Gasteiger partial charge < -0.3 is 10.4 Å². The van der Waals surface area contributed by atoms with Gasteiger partial charge in [-0.15, -0.1) is 0 Å². The number of carbonyl (C=O) groups is 2. The monoisotopic (exact) mass is 281 g/mol. The largest absolute Gasteiger partial charge is 0.481 e.